The number of aryl methyl sites for hydroxylation is 2. The average molecular weight is 411 g/mol. The number of aliphatic hydroxyl groups is 1. The lowest BCUT2D eigenvalue weighted by Gasteiger charge is -2.36. The van der Waals surface area contributed by atoms with Crippen LogP contribution >= 0.6 is 0 Å². The molecule has 4 heterocycles. The summed E-state index contributed by atoms with van der Waals surface area (Å²) in [4.78, 5) is 38.9. The van der Waals surface area contributed by atoms with Gasteiger partial charge < -0.3 is 19.6 Å². The van der Waals surface area contributed by atoms with Gasteiger partial charge in [0.2, 0.25) is 0 Å². The van der Waals surface area contributed by atoms with Crippen LogP contribution in [0.4, 0.5) is 16.4 Å². The first-order valence-electron chi connectivity index (χ1n) is 9.98. The minimum Gasteiger partial charge on any atom is -0.447 e. The van der Waals surface area contributed by atoms with Crippen molar-refractivity contribution in [3.05, 3.63) is 47.3 Å². The average Bonchev–Trinajstić information content (AvgIpc) is 3.14. The maximum atomic E-state index is 12.9. The number of pyridine rings is 2. The summed E-state index contributed by atoms with van der Waals surface area (Å²) in [5, 5.41) is 9.39. The second kappa shape index (κ2) is 8.27. The van der Waals surface area contributed by atoms with Gasteiger partial charge >= 0.3 is 6.09 Å². The van der Waals surface area contributed by atoms with Gasteiger partial charge in [0.05, 0.1) is 18.2 Å². The highest BCUT2D eigenvalue weighted by Gasteiger charge is 2.34. The molecule has 1 unspecified atom stereocenters. The molecule has 9 nitrogen and oxygen atoms in total. The highest BCUT2D eigenvalue weighted by atomic mass is 16.6. The molecule has 2 aliphatic rings. The van der Waals surface area contributed by atoms with E-state index in [2.05, 4.69) is 27.9 Å². The van der Waals surface area contributed by atoms with Crippen LogP contribution in [0, 0.1) is 13.8 Å². The molecule has 4 rings (SSSR count). The molecule has 2 saturated heterocycles. The molecular weight excluding hydrogens is 386 g/mol. The van der Waals surface area contributed by atoms with E-state index in [4.69, 9.17) is 4.74 Å². The number of hydrogen-bond acceptors (Lipinski definition) is 7. The van der Waals surface area contributed by atoms with Crippen LogP contribution in [0.1, 0.15) is 21.5 Å². The molecule has 0 radical (unpaired) electrons. The van der Waals surface area contributed by atoms with E-state index in [-0.39, 0.29) is 19.1 Å². The molecule has 0 spiro atoms. The summed E-state index contributed by atoms with van der Waals surface area (Å²) in [5.41, 5.74) is 2.73. The number of hydrogen-bond donors (Lipinski definition) is 1. The van der Waals surface area contributed by atoms with Crippen LogP contribution in [0.3, 0.4) is 0 Å². The quantitative estimate of drug-likeness (QED) is 0.811. The Bertz CT molecular complexity index is 941. The summed E-state index contributed by atoms with van der Waals surface area (Å²) in [7, 11) is 0. The van der Waals surface area contributed by atoms with Crippen LogP contribution in [0.15, 0.2) is 30.6 Å². The van der Waals surface area contributed by atoms with E-state index in [9.17, 15) is 14.7 Å². The standard InChI is InChI=1S/C21H25N5O4/c1-14-9-15(2)19(23-10-14)24-5-7-25(8-6-24)20(28)16-3-4-18(22-11-16)26-17(12-27)13-30-21(26)29/h3-4,9-11,17,27H,5-8,12-13H2,1-2H3. The first kappa shape index (κ1) is 20.1. The van der Waals surface area contributed by atoms with Gasteiger partial charge in [0.25, 0.3) is 5.91 Å². The normalized spacial score (nSPS) is 19.2. The number of rotatable bonds is 4. The van der Waals surface area contributed by atoms with Crippen LogP contribution in [-0.2, 0) is 4.74 Å². The number of carbonyl (C=O) groups excluding carboxylic acids is 2. The molecule has 2 amide bonds. The zero-order valence-corrected chi connectivity index (χ0v) is 17.1. The summed E-state index contributed by atoms with van der Waals surface area (Å²) >= 11 is 0. The van der Waals surface area contributed by atoms with Crippen molar-refractivity contribution in [2.45, 2.75) is 19.9 Å². The lowest BCUT2D eigenvalue weighted by molar-refractivity contribution is 0.0746. The van der Waals surface area contributed by atoms with Gasteiger partial charge in [-0.25, -0.2) is 14.8 Å². The van der Waals surface area contributed by atoms with Crippen molar-refractivity contribution >= 4 is 23.6 Å². The van der Waals surface area contributed by atoms with Crippen LogP contribution < -0.4 is 9.80 Å². The number of aromatic nitrogens is 2. The minimum absolute atomic E-state index is 0.0926. The van der Waals surface area contributed by atoms with Crippen LogP contribution in [0.25, 0.3) is 0 Å². The molecule has 158 valence electrons. The molecule has 0 aliphatic carbocycles. The van der Waals surface area contributed by atoms with Crippen molar-refractivity contribution in [3.63, 3.8) is 0 Å². The Morgan fingerprint density at radius 2 is 1.93 bits per heavy atom. The van der Waals surface area contributed by atoms with Crippen molar-refractivity contribution in [1.82, 2.24) is 14.9 Å². The molecule has 1 atom stereocenters. The number of nitrogens with zero attached hydrogens (tertiary/aromatic N) is 5. The summed E-state index contributed by atoms with van der Waals surface area (Å²) in [6.07, 6.45) is 2.79. The Hall–Kier alpha value is -3.20. The number of anilines is 2. The second-order valence-electron chi connectivity index (χ2n) is 7.62. The van der Waals surface area contributed by atoms with Crippen LogP contribution in [0.5, 0.6) is 0 Å². The van der Waals surface area contributed by atoms with Gasteiger partial charge in [0, 0.05) is 38.6 Å². The maximum Gasteiger partial charge on any atom is 0.416 e. The molecule has 2 aromatic rings. The molecule has 9 heteroatoms. The van der Waals surface area contributed by atoms with Gasteiger partial charge in [0.1, 0.15) is 18.2 Å². The predicted molar refractivity (Wildman–Crippen MR) is 111 cm³/mol. The van der Waals surface area contributed by atoms with Gasteiger partial charge in [0.15, 0.2) is 0 Å². The fourth-order valence-electron chi connectivity index (χ4n) is 3.87. The topological polar surface area (TPSA) is 99.1 Å². The largest absolute Gasteiger partial charge is 0.447 e. The van der Waals surface area contributed by atoms with E-state index in [1.54, 1.807) is 17.0 Å². The first-order valence-corrected chi connectivity index (χ1v) is 9.98. The van der Waals surface area contributed by atoms with Crippen LogP contribution in [0.2, 0.25) is 0 Å². The van der Waals surface area contributed by atoms with Crippen LogP contribution in [-0.4, -0.2) is 77.4 Å². The predicted octanol–water partition coefficient (Wildman–Crippen LogP) is 1.37. The Balaban J connectivity index is 1.40. The number of cyclic esters (lactones) is 1. The van der Waals surface area contributed by atoms with Crippen molar-refractivity contribution < 1.29 is 19.4 Å². The van der Waals surface area contributed by atoms with E-state index in [1.807, 2.05) is 13.1 Å². The Morgan fingerprint density at radius 3 is 2.57 bits per heavy atom. The molecule has 2 fully saturated rings. The third-order valence-corrected chi connectivity index (χ3v) is 5.47. The number of amides is 2. The van der Waals surface area contributed by atoms with E-state index in [0.29, 0.717) is 37.6 Å². The second-order valence-corrected chi connectivity index (χ2v) is 7.62. The maximum absolute atomic E-state index is 12.9. The SMILES string of the molecule is Cc1cnc(N2CCN(C(=O)c3ccc(N4C(=O)OCC4CO)nc3)CC2)c(C)c1. The highest BCUT2D eigenvalue weighted by molar-refractivity contribution is 5.95. The van der Waals surface area contributed by atoms with E-state index in [1.165, 1.54) is 11.1 Å². The number of piperazine rings is 1. The Labute approximate surface area is 174 Å². The number of ether oxygens (including phenoxy) is 1. The summed E-state index contributed by atoms with van der Waals surface area (Å²) in [6.45, 7) is 6.61. The van der Waals surface area contributed by atoms with E-state index < -0.39 is 12.1 Å². The van der Waals surface area contributed by atoms with Crippen molar-refractivity contribution in [3.8, 4) is 0 Å². The highest BCUT2D eigenvalue weighted by Crippen LogP contribution is 2.22. The lowest BCUT2D eigenvalue weighted by atomic mass is 10.2. The summed E-state index contributed by atoms with van der Waals surface area (Å²) in [6, 6.07) is 4.92. The van der Waals surface area contributed by atoms with Crippen molar-refractivity contribution in [2.75, 3.05) is 49.2 Å². The third-order valence-electron chi connectivity index (χ3n) is 5.47. The molecule has 2 aromatic heterocycles. The zero-order valence-electron chi connectivity index (χ0n) is 17.1. The summed E-state index contributed by atoms with van der Waals surface area (Å²) < 4.78 is 4.96. The van der Waals surface area contributed by atoms with E-state index in [0.717, 1.165) is 16.9 Å². The zero-order chi connectivity index (χ0) is 21.3. The molecule has 1 N–H and O–H groups in total. The summed E-state index contributed by atoms with van der Waals surface area (Å²) in [5.74, 6) is 1.23. The fraction of sp³-hybridized carbons (Fsp3) is 0.429. The van der Waals surface area contributed by atoms with Gasteiger partial charge in [-0.2, -0.15) is 0 Å². The van der Waals surface area contributed by atoms with Gasteiger partial charge in [-0.15, -0.1) is 0 Å². The number of aliphatic hydroxyl groups excluding tert-OH is 1. The molecular formula is C21H25N5O4. The van der Waals surface area contributed by atoms with Crippen molar-refractivity contribution in [2.24, 2.45) is 0 Å². The molecule has 0 bridgehead atoms. The van der Waals surface area contributed by atoms with Gasteiger partial charge in [-0.1, -0.05) is 6.07 Å². The minimum atomic E-state index is -0.545. The lowest BCUT2D eigenvalue weighted by Crippen LogP contribution is -2.49. The smallest absolute Gasteiger partial charge is 0.416 e. The molecule has 2 aliphatic heterocycles. The molecule has 0 aromatic carbocycles. The fourth-order valence-corrected chi connectivity index (χ4v) is 3.87. The van der Waals surface area contributed by atoms with Gasteiger partial charge in [-0.05, 0) is 37.1 Å². The first-order chi connectivity index (χ1) is 14.5. The third kappa shape index (κ3) is 3.80. The Kier molecular flexibility index (Phi) is 5.54. The molecule has 0 saturated carbocycles. The van der Waals surface area contributed by atoms with E-state index >= 15 is 0 Å². The monoisotopic (exact) mass is 411 g/mol. The Morgan fingerprint density at radius 1 is 1.17 bits per heavy atom. The number of carbonyl (C=O) groups is 2. The van der Waals surface area contributed by atoms with Gasteiger partial charge in [-0.3, -0.25) is 9.69 Å². The molecule has 30 heavy (non-hydrogen) atoms. The van der Waals surface area contributed by atoms with Crippen molar-refractivity contribution in [1.29, 1.82) is 0 Å².